The van der Waals surface area contributed by atoms with Crippen LogP contribution in [0.2, 0.25) is 0 Å². The lowest BCUT2D eigenvalue weighted by Gasteiger charge is -2.11. The number of hydrogen-bond acceptors (Lipinski definition) is 1. The van der Waals surface area contributed by atoms with Gasteiger partial charge in [-0.2, -0.15) is 0 Å². The summed E-state index contributed by atoms with van der Waals surface area (Å²) in [6.45, 7) is 2.23. The fourth-order valence-corrected chi connectivity index (χ4v) is 1.64. The van der Waals surface area contributed by atoms with Crippen LogP contribution < -0.4 is 4.74 Å². The van der Waals surface area contributed by atoms with Gasteiger partial charge in [0.15, 0.2) is 0 Å². The summed E-state index contributed by atoms with van der Waals surface area (Å²) < 4.78 is 5.11. The molecule has 1 aromatic rings. The van der Waals surface area contributed by atoms with Gasteiger partial charge in [0.25, 0.3) is 0 Å². The minimum atomic E-state index is 0.583. The van der Waals surface area contributed by atoms with Crippen molar-refractivity contribution in [2.45, 2.75) is 25.7 Å². The van der Waals surface area contributed by atoms with Crippen molar-refractivity contribution in [3.63, 3.8) is 0 Å². The van der Waals surface area contributed by atoms with Crippen LogP contribution in [0.1, 0.15) is 31.2 Å². The Morgan fingerprint density at radius 1 is 1.29 bits per heavy atom. The first kappa shape index (κ1) is 11.4. The summed E-state index contributed by atoms with van der Waals surface area (Å²) in [5.74, 6) is 2.25. The number of halogens is 1. The molecule has 0 amide bonds. The monoisotopic (exact) mass is 212 g/mol. The van der Waals surface area contributed by atoms with Gasteiger partial charge >= 0.3 is 0 Å². The largest absolute Gasteiger partial charge is 0.497 e. The van der Waals surface area contributed by atoms with Gasteiger partial charge in [0.2, 0.25) is 0 Å². The van der Waals surface area contributed by atoms with Gasteiger partial charge in [-0.25, -0.2) is 0 Å². The number of ether oxygens (including phenoxy) is 1. The zero-order chi connectivity index (χ0) is 10.4. The van der Waals surface area contributed by atoms with Gasteiger partial charge in [-0.3, -0.25) is 0 Å². The van der Waals surface area contributed by atoms with Crippen molar-refractivity contribution in [1.29, 1.82) is 0 Å². The zero-order valence-electron chi connectivity index (χ0n) is 8.79. The first-order valence-corrected chi connectivity index (χ1v) is 5.51. The molecule has 78 valence electrons. The summed E-state index contributed by atoms with van der Waals surface area (Å²) >= 11 is 5.66. The molecule has 0 heterocycles. The standard InChI is InChI=1S/C12H17ClO/c1-10(4-3-9-13)11-5-7-12(14-2)8-6-11/h5-8,10H,3-4,9H2,1-2H3. The summed E-state index contributed by atoms with van der Waals surface area (Å²) in [6.07, 6.45) is 2.23. The van der Waals surface area contributed by atoms with E-state index >= 15 is 0 Å². The first-order valence-electron chi connectivity index (χ1n) is 4.98. The van der Waals surface area contributed by atoms with Crippen molar-refractivity contribution in [2.24, 2.45) is 0 Å². The molecule has 0 bridgehead atoms. The van der Waals surface area contributed by atoms with Gasteiger partial charge in [0.05, 0.1) is 7.11 Å². The molecule has 1 aromatic carbocycles. The average molecular weight is 213 g/mol. The molecule has 0 fully saturated rings. The molecule has 0 aliphatic carbocycles. The van der Waals surface area contributed by atoms with Gasteiger partial charge in [-0.15, -0.1) is 11.6 Å². The Morgan fingerprint density at radius 2 is 1.93 bits per heavy atom. The summed E-state index contributed by atoms with van der Waals surface area (Å²) in [5.41, 5.74) is 1.36. The number of rotatable bonds is 5. The van der Waals surface area contributed by atoms with E-state index in [1.807, 2.05) is 12.1 Å². The SMILES string of the molecule is COc1ccc(C(C)CCCCl)cc1. The Morgan fingerprint density at radius 3 is 2.43 bits per heavy atom. The highest BCUT2D eigenvalue weighted by molar-refractivity contribution is 6.17. The van der Waals surface area contributed by atoms with Crippen LogP contribution in [0.4, 0.5) is 0 Å². The van der Waals surface area contributed by atoms with Crippen LogP contribution in [0.3, 0.4) is 0 Å². The summed E-state index contributed by atoms with van der Waals surface area (Å²) in [4.78, 5) is 0. The van der Waals surface area contributed by atoms with Crippen molar-refractivity contribution in [3.05, 3.63) is 29.8 Å². The maximum absolute atomic E-state index is 5.66. The molecule has 0 saturated carbocycles. The fraction of sp³-hybridized carbons (Fsp3) is 0.500. The van der Waals surface area contributed by atoms with Crippen molar-refractivity contribution in [1.82, 2.24) is 0 Å². The Hall–Kier alpha value is -0.690. The van der Waals surface area contributed by atoms with Crippen LogP contribution >= 0.6 is 11.6 Å². The predicted molar refractivity (Wildman–Crippen MR) is 61.4 cm³/mol. The fourth-order valence-electron chi connectivity index (χ4n) is 1.48. The quantitative estimate of drug-likeness (QED) is 0.675. The van der Waals surface area contributed by atoms with E-state index in [1.54, 1.807) is 7.11 Å². The van der Waals surface area contributed by atoms with Crippen LogP contribution in [0, 0.1) is 0 Å². The molecule has 14 heavy (non-hydrogen) atoms. The van der Waals surface area contributed by atoms with Gasteiger partial charge in [-0.05, 0) is 36.5 Å². The highest BCUT2D eigenvalue weighted by Gasteiger charge is 2.04. The van der Waals surface area contributed by atoms with E-state index in [9.17, 15) is 0 Å². The molecule has 0 saturated heterocycles. The average Bonchev–Trinajstić information content (AvgIpc) is 2.26. The van der Waals surface area contributed by atoms with Crippen LogP contribution in [0.5, 0.6) is 5.75 Å². The van der Waals surface area contributed by atoms with Crippen LogP contribution in [0.25, 0.3) is 0 Å². The van der Waals surface area contributed by atoms with E-state index in [0.29, 0.717) is 5.92 Å². The number of hydrogen-bond donors (Lipinski definition) is 0. The molecule has 0 aliphatic heterocycles. The Kier molecular flexibility index (Phi) is 4.81. The molecule has 0 aliphatic rings. The van der Waals surface area contributed by atoms with Crippen LogP contribution in [-0.2, 0) is 0 Å². The van der Waals surface area contributed by atoms with Crippen molar-refractivity contribution in [3.8, 4) is 5.75 Å². The molecule has 1 unspecified atom stereocenters. The van der Waals surface area contributed by atoms with E-state index < -0.39 is 0 Å². The third kappa shape index (κ3) is 3.22. The Bertz CT molecular complexity index is 256. The lowest BCUT2D eigenvalue weighted by Crippen LogP contribution is -1.94. The molecular weight excluding hydrogens is 196 g/mol. The van der Waals surface area contributed by atoms with E-state index in [4.69, 9.17) is 16.3 Å². The highest BCUT2D eigenvalue weighted by atomic mass is 35.5. The third-order valence-corrected chi connectivity index (χ3v) is 2.72. The lowest BCUT2D eigenvalue weighted by atomic mass is 9.97. The second-order valence-corrected chi connectivity index (χ2v) is 3.88. The molecule has 1 nitrogen and oxygen atoms in total. The Balaban J connectivity index is 2.57. The maximum atomic E-state index is 5.66. The van der Waals surface area contributed by atoms with Gasteiger partial charge in [0.1, 0.15) is 5.75 Å². The smallest absolute Gasteiger partial charge is 0.118 e. The lowest BCUT2D eigenvalue weighted by molar-refractivity contribution is 0.414. The highest BCUT2D eigenvalue weighted by Crippen LogP contribution is 2.22. The molecule has 0 spiro atoms. The molecule has 2 heteroatoms. The van der Waals surface area contributed by atoms with Crippen LogP contribution in [0.15, 0.2) is 24.3 Å². The normalized spacial score (nSPS) is 12.5. The minimum absolute atomic E-state index is 0.583. The van der Waals surface area contributed by atoms with Crippen molar-refractivity contribution < 1.29 is 4.74 Å². The third-order valence-electron chi connectivity index (χ3n) is 2.46. The van der Waals surface area contributed by atoms with E-state index in [0.717, 1.165) is 24.5 Å². The summed E-state index contributed by atoms with van der Waals surface area (Å²) in [7, 11) is 1.69. The Labute approximate surface area is 91.0 Å². The molecule has 1 atom stereocenters. The molecular formula is C12H17ClO. The van der Waals surface area contributed by atoms with E-state index in [-0.39, 0.29) is 0 Å². The number of methoxy groups -OCH3 is 1. The van der Waals surface area contributed by atoms with Gasteiger partial charge in [-0.1, -0.05) is 19.1 Å². The summed E-state index contributed by atoms with van der Waals surface area (Å²) in [5, 5.41) is 0. The summed E-state index contributed by atoms with van der Waals surface area (Å²) in [6, 6.07) is 8.26. The van der Waals surface area contributed by atoms with Crippen molar-refractivity contribution in [2.75, 3.05) is 13.0 Å². The predicted octanol–water partition coefficient (Wildman–Crippen LogP) is 3.82. The molecule has 1 rings (SSSR count). The molecule has 0 aromatic heterocycles. The second kappa shape index (κ2) is 5.92. The molecule has 0 radical (unpaired) electrons. The van der Waals surface area contributed by atoms with Gasteiger partial charge < -0.3 is 4.74 Å². The number of alkyl halides is 1. The molecule has 0 N–H and O–H groups in total. The van der Waals surface area contributed by atoms with E-state index in [1.165, 1.54) is 5.56 Å². The maximum Gasteiger partial charge on any atom is 0.118 e. The van der Waals surface area contributed by atoms with Crippen LogP contribution in [-0.4, -0.2) is 13.0 Å². The van der Waals surface area contributed by atoms with Gasteiger partial charge in [0, 0.05) is 5.88 Å². The number of benzene rings is 1. The second-order valence-electron chi connectivity index (χ2n) is 3.51. The van der Waals surface area contributed by atoms with E-state index in [2.05, 4.69) is 19.1 Å². The zero-order valence-corrected chi connectivity index (χ0v) is 9.55. The minimum Gasteiger partial charge on any atom is -0.497 e. The first-order chi connectivity index (χ1) is 6.77. The van der Waals surface area contributed by atoms with Crippen molar-refractivity contribution >= 4 is 11.6 Å². The topological polar surface area (TPSA) is 9.23 Å².